The van der Waals surface area contributed by atoms with Crippen LogP contribution in [0.25, 0.3) is 11.0 Å². The van der Waals surface area contributed by atoms with Gasteiger partial charge in [-0.2, -0.15) is 0 Å². The summed E-state index contributed by atoms with van der Waals surface area (Å²) in [6.07, 6.45) is 1.14. The summed E-state index contributed by atoms with van der Waals surface area (Å²) < 4.78 is 1.52. The number of carbonyl (C=O) groups is 1. The number of carbonyl (C=O) groups excluding carboxylic acids is 1. The molecular formula is C24H22ClN3O2. The number of amides is 1. The second-order valence-corrected chi connectivity index (χ2v) is 7.63. The Morgan fingerprint density at radius 2 is 1.63 bits per heavy atom. The van der Waals surface area contributed by atoms with Crippen molar-refractivity contribution < 1.29 is 4.79 Å². The molecule has 0 bridgehead atoms. The third-order valence-electron chi connectivity index (χ3n) is 5.12. The van der Waals surface area contributed by atoms with Crippen LogP contribution < -0.4 is 11.0 Å². The van der Waals surface area contributed by atoms with E-state index in [9.17, 15) is 9.59 Å². The molecule has 4 aromatic rings. The van der Waals surface area contributed by atoms with Gasteiger partial charge in [-0.1, -0.05) is 72.3 Å². The van der Waals surface area contributed by atoms with E-state index in [4.69, 9.17) is 11.6 Å². The number of hydrogen-bond acceptors (Lipinski definition) is 2. The maximum atomic E-state index is 13.2. The van der Waals surface area contributed by atoms with Gasteiger partial charge in [0.1, 0.15) is 6.04 Å². The average Bonchev–Trinajstić information content (AvgIpc) is 3.08. The molecule has 30 heavy (non-hydrogen) atoms. The number of hydrogen-bond donors (Lipinski definition) is 2. The van der Waals surface area contributed by atoms with Gasteiger partial charge in [-0.3, -0.25) is 9.36 Å². The molecule has 6 heteroatoms. The SMILES string of the molecule is O=C(NCCc1ccccc1)C(Cc1ccccc1)n1c(=O)[nH]c2cc(Cl)ccc21. The van der Waals surface area contributed by atoms with E-state index in [1.54, 1.807) is 18.2 Å². The lowest BCUT2D eigenvalue weighted by atomic mass is 10.0. The quantitative estimate of drug-likeness (QED) is 0.473. The fraction of sp³-hybridized carbons (Fsp3) is 0.167. The van der Waals surface area contributed by atoms with E-state index in [1.165, 1.54) is 4.57 Å². The Kier molecular flexibility index (Phi) is 6.00. The van der Waals surface area contributed by atoms with Crippen molar-refractivity contribution in [1.29, 1.82) is 0 Å². The molecule has 5 nitrogen and oxygen atoms in total. The molecule has 2 N–H and O–H groups in total. The zero-order chi connectivity index (χ0) is 20.9. The van der Waals surface area contributed by atoms with Crippen LogP contribution in [0.2, 0.25) is 5.02 Å². The standard InChI is InChI=1S/C24H22ClN3O2/c25-19-11-12-21-20(16-19)27-24(30)28(21)22(15-18-9-5-2-6-10-18)23(29)26-14-13-17-7-3-1-4-8-17/h1-12,16,22H,13-15H2,(H,26,29)(H,27,30). The van der Waals surface area contributed by atoms with E-state index >= 15 is 0 Å². The molecule has 3 aromatic carbocycles. The van der Waals surface area contributed by atoms with Gasteiger partial charge in [0.2, 0.25) is 5.91 Å². The van der Waals surface area contributed by atoms with Gasteiger partial charge in [-0.15, -0.1) is 0 Å². The summed E-state index contributed by atoms with van der Waals surface area (Å²) in [6, 6.07) is 24.2. The lowest BCUT2D eigenvalue weighted by Gasteiger charge is -2.19. The monoisotopic (exact) mass is 419 g/mol. The van der Waals surface area contributed by atoms with Crippen LogP contribution in [0.5, 0.6) is 0 Å². The lowest BCUT2D eigenvalue weighted by molar-refractivity contribution is -0.124. The third-order valence-corrected chi connectivity index (χ3v) is 5.36. The van der Waals surface area contributed by atoms with Crippen molar-refractivity contribution >= 4 is 28.5 Å². The van der Waals surface area contributed by atoms with Crippen molar-refractivity contribution in [3.8, 4) is 0 Å². The van der Waals surface area contributed by atoms with Crippen LogP contribution in [0.3, 0.4) is 0 Å². The van der Waals surface area contributed by atoms with E-state index < -0.39 is 6.04 Å². The highest BCUT2D eigenvalue weighted by Gasteiger charge is 2.25. The Bertz CT molecular complexity index is 1200. The fourth-order valence-corrected chi connectivity index (χ4v) is 3.82. The summed E-state index contributed by atoms with van der Waals surface area (Å²) in [5.41, 5.74) is 3.07. The van der Waals surface area contributed by atoms with Crippen molar-refractivity contribution in [2.45, 2.75) is 18.9 Å². The summed E-state index contributed by atoms with van der Waals surface area (Å²) in [5.74, 6) is -0.187. The summed E-state index contributed by atoms with van der Waals surface area (Å²) >= 11 is 6.07. The lowest BCUT2D eigenvalue weighted by Crippen LogP contribution is -2.38. The van der Waals surface area contributed by atoms with Crippen LogP contribution in [0.1, 0.15) is 17.2 Å². The normalized spacial score (nSPS) is 12.0. The zero-order valence-electron chi connectivity index (χ0n) is 16.3. The minimum absolute atomic E-state index is 0.187. The van der Waals surface area contributed by atoms with Crippen molar-refractivity contribution in [2.24, 2.45) is 0 Å². The number of imidazole rings is 1. The Labute approximate surface area is 179 Å². The molecular weight excluding hydrogens is 398 g/mol. The molecule has 0 saturated heterocycles. The summed E-state index contributed by atoms with van der Waals surface area (Å²) in [4.78, 5) is 28.8. The smallest absolute Gasteiger partial charge is 0.327 e. The maximum Gasteiger partial charge on any atom is 0.327 e. The van der Waals surface area contributed by atoms with Crippen LogP contribution in [0.4, 0.5) is 0 Å². The number of benzene rings is 3. The number of halogens is 1. The van der Waals surface area contributed by atoms with Gasteiger partial charge >= 0.3 is 5.69 Å². The van der Waals surface area contributed by atoms with Crippen LogP contribution in [-0.2, 0) is 17.6 Å². The van der Waals surface area contributed by atoms with Gasteiger partial charge in [0, 0.05) is 18.0 Å². The van der Waals surface area contributed by atoms with Crippen LogP contribution >= 0.6 is 11.6 Å². The van der Waals surface area contributed by atoms with Crippen molar-refractivity contribution in [3.05, 3.63) is 105 Å². The number of fused-ring (bicyclic) bond motifs is 1. The van der Waals surface area contributed by atoms with Crippen LogP contribution in [0.15, 0.2) is 83.7 Å². The molecule has 4 rings (SSSR count). The molecule has 0 aliphatic rings. The molecule has 152 valence electrons. The first kappa shape index (κ1) is 20.0. The minimum atomic E-state index is -0.675. The first-order chi connectivity index (χ1) is 14.6. The first-order valence-corrected chi connectivity index (χ1v) is 10.2. The number of nitrogens with zero attached hydrogens (tertiary/aromatic N) is 1. The molecule has 0 fully saturated rings. The van der Waals surface area contributed by atoms with Gasteiger partial charge in [-0.25, -0.2) is 4.79 Å². The van der Waals surface area contributed by atoms with E-state index in [2.05, 4.69) is 10.3 Å². The maximum absolute atomic E-state index is 13.2. The molecule has 1 unspecified atom stereocenters. The van der Waals surface area contributed by atoms with Gasteiger partial charge < -0.3 is 10.3 Å². The van der Waals surface area contributed by atoms with Gasteiger partial charge in [0.05, 0.1) is 11.0 Å². The first-order valence-electron chi connectivity index (χ1n) is 9.87. The van der Waals surface area contributed by atoms with Crippen LogP contribution in [-0.4, -0.2) is 22.0 Å². The second kappa shape index (κ2) is 9.01. The van der Waals surface area contributed by atoms with Gasteiger partial charge in [-0.05, 0) is 35.7 Å². The van der Waals surface area contributed by atoms with Gasteiger partial charge in [0.25, 0.3) is 0 Å². The van der Waals surface area contributed by atoms with Crippen molar-refractivity contribution in [1.82, 2.24) is 14.9 Å². The molecule has 0 aliphatic carbocycles. The predicted molar refractivity (Wildman–Crippen MR) is 120 cm³/mol. The van der Waals surface area contributed by atoms with E-state index in [0.717, 1.165) is 17.5 Å². The molecule has 1 heterocycles. The number of rotatable bonds is 7. The second-order valence-electron chi connectivity index (χ2n) is 7.19. The van der Waals surface area contributed by atoms with Crippen molar-refractivity contribution in [2.75, 3.05) is 6.54 Å². The fourth-order valence-electron chi connectivity index (χ4n) is 3.64. The Morgan fingerprint density at radius 3 is 2.33 bits per heavy atom. The Balaban J connectivity index is 1.62. The summed E-state index contributed by atoms with van der Waals surface area (Å²) in [7, 11) is 0. The summed E-state index contributed by atoms with van der Waals surface area (Å²) in [5, 5.41) is 3.53. The molecule has 0 aliphatic heterocycles. The van der Waals surface area contributed by atoms with Crippen LogP contribution in [0, 0.1) is 0 Å². The third kappa shape index (κ3) is 4.47. The topological polar surface area (TPSA) is 66.9 Å². The Morgan fingerprint density at radius 1 is 0.967 bits per heavy atom. The molecule has 1 aromatic heterocycles. The summed E-state index contributed by atoms with van der Waals surface area (Å²) in [6.45, 7) is 0.497. The van der Waals surface area contributed by atoms with E-state index in [-0.39, 0.29) is 11.6 Å². The Hall–Kier alpha value is -3.31. The largest absolute Gasteiger partial charge is 0.354 e. The zero-order valence-corrected chi connectivity index (χ0v) is 17.1. The average molecular weight is 420 g/mol. The highest BCUT2D eigenvalue weighted by Crippen LogP contribution is 2.22. The highest BCUT2D eigenvalue weighted by molar-refractivity contribution is 6.31. The predicted octanol–water partition coefficient (Wildman–Crippen LogP) is 4.13. The highest BCUT2D eigenvalue weighted by atomic mass is 35.5. The van der Waals surface area contributed by atoms with E-state index in [0.29, 0.717) is 29.0 Å². The molecule has 0 spiro atoms. The van der Waals surface area contributed by atoms with Crippen molar-refractivity contribution in [3.63, 3.8) is 0 Å². The molecule has 0 saturated carbocycles. The minimum Gasteiger partial charge on any atom is -0.354 e. The number of aromatic nitrogens is 2. The molecule has 0 radical (unpaired) electrons. The molecule has 1 atom stereocenters. The number of H-pyrrole nitrogens is 1. The molecule has 1 amide bonds. The van der Waals surface area contributed by atoms with Gasteiger partial charge in [0.15, 0.2) is 0 Å². The number of nitrogens with one attached hydrogen (secondary N) is 2. The van der Waals surface area contributed by atoms with E-state index in [1.807, 2.05) is 60.7 Å². The number of aromatic amines is 1.